The highest BCUT2D eigenvalue weighted by molar-refractivity contribution is 5.77. The Labute approximate surface area is 114 Å². The minimum absolute atomic E-state index is 0.132. The molecule has 0 heterocycles. The molecule has 0 spiro atoms. The van der Waals surface area contributed by atoms with Gasteiger partial charge in [0.25, 0.3) is 0 Å². The van der Waals surface area contributed by atoms with Crippen molar-refractivity contribution >= 4 is 5.91 Å². The van der Waals surface area contributed by atoms with E-state index in [1.165, 1.54) is 5.56 Å². The molecule has 1 aliphatic carbocycles. The predicted molar refractivity (Wildman–Crippen MR) is 75.5 cm³/mol. The summed E-state index contributed by atoms with van der Waals surface area (Å²) in [5, 5.41) is 3.31. The Morgan fingerprint density at radius 1 is 1.32 bits per heavy atom. The van der Waals surface area contributed by atoms with Gasteiger partial charge >= 0.3 is 0 Å². The molecule has 0 aromatic heterocycles. The number of methoxy groups -OCH3 is 1. The van der Waals surface area contributed by atoms with Crippen LogP contribution in [0.15, 0.2) is 24.3 Å². The monoisotopic (exact) mass is 262 g/mol. The van der Waals surface area contributed by atoms with Crippen molar-refractivity contribution in [1.29, 1.82) is 0 Å². The molecule has 0 atom stereocenters. The summed E-state index contributed by atoms with van der Waals surface area (Å²) in [6.07, 6.45) is 2.21. The quantitative estimate of drug-likeness (QED) is 0.876. The van der Waals surface area contributed by atoms with E-state index in [2.05, 4.69) is 17.4 Å². The predicted octanol–water partition coefficient (Wildman–Crippen LogP) is 1.62. The third-order valence-corrected chi connectivity index (χ3v) is 3.77. The molecule has 0 bridgehead atoms. The Kier molecular flexibility index (Phi) is 4.43. The van der Waals surface area contributed by atoms with Crippen LogP contribution in [0.1, 0.15) is 24.3 Å². The van der Waals surface area contributed by atoms with E-state index in [4.69, 9.17) is 4.74 Å². The second-order valence-electron chi connectivity index (χ2n) is 5.31. The summed E-state index contributed by atoms with van der Waals surface area (Å²) in [6, 6.07) is 8.74. The highest BCUT2D eigenvalue weighted by atomic mass is 16.5. The standard InChI is InChI=1S/C15H22N2O2/c1-17(2)15(18)10-16-13-8-12(9-13)11-4-6-14(19-3)7-5-11/h4-7,12-13,16H,8-10H2,1-3H3. The van der Waals surface area contributed by atoms with Gasteiger partial charge in [0.1, 0.15) is 5.75 Å². The molecule has 0 radical (unpaired) electrons. The molecule has 1 amide bonds. The van der Waals surface area contributed by atoms with Crippen molar-refractivity contribution in [2.75, 3.05) is 27.7 Å². The summed E-state index contributed by atoms with van der Waals surface area (Å²) in [6.45, 7) is 0.437. The number of carbonyl (C=O) groups excluding carboxylic acids is 1. The molecule has 4 heteroatoms. The number of carbonyl (C=O) groups is 1. The largest absolute Gasteiger partial charge is 0.497 e. The summed E-state index contributed by atoms with van der Waals surface area (Å²) in [5.41, 5.74) is 1.36. The molecular weight excluding hydrogens is 240 g/mol. The van der Waals surface area contributed by atoms with E-state index in [-0.39, 0.29) is 5.91 Å². The van der Waals surface area contributed by atoms with Crippen LogP contribution >= 0.6 is 0 Å². The molecule has 0 saturated heterocycles. The molecule has 0 unspecified atom stereocenters. The zero-order chi connectivity index (χ0) is 13.8. The van der Waals surface area contributed by atoms with E-state index in [1.807, 2.05) is 12.1 Å². The van der Waals surface area contributed by atoms with E-state index < -0.39 is 0 Å². The Morgan fingerprint density at radius 2 is 1.95 bits per heavy atom. The molecule has 1 aromatic carbocycles. The van der Waals surface area contributed by atoms with Gasteiger partial charge in [-0.1, -0.05) is 12.1 Å². The zero-order valence-electron chi connectivity index (χ0n) is 11.8. The summed E-state index contributed by atoms with van der Waals surface area (Å²) < 4.78 is 5.15. The molecule has 2 rings (SSSR count). The minimum atomic E-state index is 0.132. The van der Waals surface area contributed by atoms with Crippen LogP contribution < -0.4 is 10.1 Å². The highest BCUT2D eigenvalue weighted by Gasteiger charge is 2.30. The lowest BCUT2D eigenvalue weighted by Gasteiger charge is -2.36. The fourth-order valence-electron chi connectivity index (χ4n) is 2.32. The Balaban J connectivity index is 1.75. The number of likely N-dealkylation sites (N-methyl/N-ethyl adjacent to an activating group) is 1. The third-order valence-electron chi connectivity index (χ3n) is 3.77. The maximum absolute atomic E-state index is 11.5. The molecule has 0 aliphatic heterocycles. The van der Waals surface area contributed by atoms with Crippen molar-refractivity contribution in [3.8, 4) is 5.75 Å². The van der Waals surface area contributed by atoms with Gasteiger partial charge in [0.2, 0.25) is 5.91 Å². The van der Waals surface area contributed by atoms with Crippen molar-refractivity contribution in [3.63, 3.8) is 0 Å². The first-order valence-corrected chi connectivity index (χ1v) is 6.67. The lowest BCUT2D eigenvalue weighted by Crippen LogP contribution is -2.44. The van der Waals surface area contributed by atoms with Gasteiger partial charge in [0.05, 0.1) is 13.7 Å². The normalized spacial score (nSPS) is 21.6. The molecular formula is C15H22N2O2. The number of hydrogen-bond acceptors (Lipinski definition) is 3. The lowest BCUT2D eigenvalue weighted by atomic mass is 9.76. The SMILES string of the molecule is COc1ccc(C2CC(NCC(=O)N(C)C)C2)cc1. The van der Waals surface area contributed by atoms with E-state index in [0.717, 1.165) is 18.6 Å². The van der Waals surface area contributed by atoms with Crippen LogP contribution in [0, 0.1) is 0 Å². The fourth-order valence-corrected chi connectivity index (χ4v) is 2.32. The zero-order valence-corrected chi connectivity index (χ0v) is 11.8. The summed E-state index contributed by atoms with van der Waals surface area (Å²) in [4.78, 5) is 13.1. The van der Waals surface area contributed by atoms with E-state index in [0.29, 0.717) is 18.5 Å². The van der Waals surface area contributed by atoms with Gasteiger partial charge in [-0.2, -0.15) is 0 Å². The first-order chi connectivity index (χ1) is 9.10. The van der Waals surface area contributed by atoms with Crippen LogP contribution in [0.5, 0.6) is 5.75 Å². The molecule has 1 saturated carbocycles. The van der Waals surface area contributed by atoms with E-state index in [1.54, 1.807) is 26.1 Å². The minimum Gasteiger partial charge on any atom is -0.497 e. The topological polar surface area (TPSA) is 41.6 Å². The lowest BCUT2D eigenvalue weighted by molar-refractivity contribution is -0.128. The summed E-state index contributed by atoms with van der Waals surface area (Å²) in [5.74, 6) is 1.64. The Morgan fingerprint density at radius 3 is 2.47 bits per heavy atom. The summed E-state index contributed by atoms with van der Waals surface area (Å²) >= 11 is 0. The van der Waals surface area contributed by atoms with Gasteiger partial charge in [0, 0.05) is 20.1 Å². The number of amides is 1. The van der Waals surface area contributed by atoms with Crippen LogP contribution in [0.25, 0.3) is 0 Å². The van der Waals surface area contributed by atoms with Gasteiger partial charge in [-0.25, -0.2) is 0 Å². The van der Waals surface area contributed by atoms with Gasteiger partial charge in [0.15, 0.2) is 0 Å². The van der Waals surface area contributed by atoms with E-state index in [9.17, 15) is 4.79 Å². The maximum atomic E-state index is 11.5. The second kappa shape index (κ2) is 6.06. The average Bonchev–Trinajstić information content (AvgIpc) is 2.37. The van der Waals surface area contributed by atoms with Crippen LogP contribution in [0.2, 0.25) is 0 Å². The molecule has 1 aliphatic rings. The van der Waals surface area contributed by atoms with Crippen LogP contribution in [0.4, 0.5) is 0 Å². The maximum Gasteiger partial charge on any atom is 0.236 e. The van der Waals surface area contributed by atoms with Crippen molar-refractivity contribution in [3.05, 3.63) is 29.8 Å². The van der Waals surface area contributed by atoms with Gasteiger partial charge in [-0.15, -0.1) is 0 Å². The first kappa shape index (κ1) is 13.9. The van der Waals surface area contributed by atoms with Crippen molar-refractivity contribution < 1.29 is 9.53 Å². The molecule has 1 fully saturated rings. The number of hydrogen-bond donors (Lipinski definition) is 1. The number of rotatable bonds is 5. The second-order valence-corrected chi connectivity index (χ2v) is 5.31. The smallest absolute Gasteiger partial charge is 0.236 e. The molecule has 19 heavy (non-hydrogen) atoms. The molecule has 1 N–H and O–H groups in total. The number of nitrogens with zero attached hydrogens (tertiary/aromatic N) is 1. The van der Waals surface area contributed by atoms with Crippen molar-refractivity contribution in [1.82, 2.24) is 10.2 Å². The van der Waals surface area contributed by atoms with Crippen LogP contribution in [0.3, 0.4) is 0 Å². The van der Waals surface area contributed by atoms with Gasteiger partial charge < -0.3 is 15.0 Å². The Hall–Kier alpha value is -1.55. The number of benzene rings is 1. The van der Waals surface area contributed by atoms with Crippen LogP contribution in [-0.2, 0) is 4.79 Å². The first-order valence-electron chi connectivity index (χ1n) is 6.67. The van der Waals surface area contributed by atoms with E-state index >= 15 is 0 Å². The molecule has 4 nitrogen and oxygen atoms in total. The molecule has 1 aromatic rings. The Bertz CT molecular complexity index is 422. The van der Waals surface area contributed by atoms with Crippen LogP contribution in [-0.4, -0.2) is 44.6 Å². The van der Waals surface area contributed by atoms with Gasteiger partial charge in [-0.3, -0.25) is 4.79 Å². The third kappa shape index (κ3) is 3.47. The van der Waals surface area contributed by atoms with Crippen molar-refractivity contribution in [2.24, 2.45) is 0 Å². The summed E-state index contributed by atoms with van der Waals surface area (Å²) in [7, 11) is 5.25. The van der Waals surface area contributed by atoms with Crippen molar-refractivity contribution in [2.45, 2.75) is 24.8 Å². The fraction of sp³-hybridized carbons (Fsp3) is 0.533. The highest BCUT2D eigenvalue weighted by Crippen LogP contribution is 2.37. The van der Waals surface area contributed by atoms with Gasteiger partial charge in [-0.05, 0) is 36.5 Å². The average molecular weight is 262 g/mol. The molecule has 104 valence electrons. The number of ether oxygens (including phenoxy) is 1. The number of nitrogens with one attached hydrogen (secondary N) is 1.